The Kier molecular flexibility index (Phi) is 5.58. The van der Waals surface area contributed by atoms with E-state index in [-0.39, 0.29) is 10.7 Å². The van der Waals surface area contributed by atoms with Gasteiger partial charge in [0, 0.05) is 0 Å². The molecule has 0 unspecified atom stereocenters. The van der Waals surface area contributed by atoms with E-state index in [1.54, 1.807) is 67.8 Å². The average molecular weight is 385 g/mol. The van der Waals surface area contributed by atoms with Gasteiger partial charge in [-0.15, -0.1) is 0 Å². The molecule has 0 heterocycles. The number of halogens is 1. The van der Waals surface area contributed by atoms with Gasteiger partial charge in [0.05, 0.1) is 18.0 Å². The first-order valence-corrected chi connectivity index (χ1v) is 9.86. The van der Waals surface area contributed by atoms with Crippen molar-refractivity contribution in [2.45, 2.75) is 17.9 Å². The van der Waals surface area contributed by atoms with Gasteiger partial charge in [-0.1, -0.05) is 42.0 Å². The quantitative estimate of drug-likeness (QED) is 0.692. The summed E-state index contributed by atoms with van der Waals surface area (Å²) in [5, 5.41) is 0. The summed E-state index contributed by atoms with van der Waals surface area (Å²) in [6, 6.07) is 18.8. The van der Waals surface area contributed by atoms with Gasteiger partial charge in [0.25, 0.3) is 0 Å². The summed E-state index contributed by atoms with van der Waals surface area (Å²) in [5.74, 6) is 0.284. The summed E-state index contributed by atoms with van der Waals surface area (Å²) in [4.78, 5) is 0.175. The summed E-state index contributed by atoms with van der Waals surface area (Å²) >= 11 is 0. The van der Waals surface area contributed by atoms with Crippen molar-refractivity contribution in [2.24, 2.45) is 0 Å². The SMILES string of the molecule is COc1ccc([C@@H](NS(=O)(=O)c2ccc(C)cc2)c2ccc(F)cc2)cc1. The maximum Gasteiger partial charge on any atom is 0.241 e. The predicted octanol–water partition coefficient (Wildman–Crippen LogP) is 4.21. The van der Waals surface area contributed by atoms with Crippen molar-refractivity contribution in [3.8, 4) is 5.75 Å². The van der Waals surface area contributed by atoms with Crippen molar-refractivity contribution in [1.82, 2.24) is 4.72 Å². The second kappa shape index (κ2) is 7.90. The molecule has 0 spiro atoms. The molecule has 4 nitrogen and oxygen atoms in total. The molecule has 0 fully saturated rings. The van der Waals surface area contributed by atoms with Crippen LogP contribution in [-0.4, -0.2) is 15.5 Å². The third-order valence-corrected chi connectivity index (χ3v) is 5.70. The molecule has 3 aromatic rings. The number of hydrogen-bond donors (Lipinski definition) is 1. The molecule has 1 N–H and O–H groups in total. The molecule has 27 heavy (non-hydrogen) atoms. The van der Waals surface area contributed by atoms with Crippen LogP contribution in [-0.2, 0) is 10.0 Å². The van der Waals surface area contributed by atoms with Crippen LogP contribution in [0.4, 0.5) is 4.39 Å². The molecule has 6 heteroatoms. The number of sulfonamides is 1. The van der Waals surface area contributed by atoms with E-state index in [4.69, 9.17) is 4.74 Å². The zero-order valence-corrected chi connectivity index (χ0v) is 15.8. The summed E-state index contributed by atoms with van der Waals surface area (Å²) in [5.41, 5.74) is 2.33. The van der Waals surface area contributed by atoms with Crippen LogP contribution in [0.5, 0.6) is 5.75 Å². The molecule has 3 rings (SSSR count). The third-order valence-electron chi connectivity index (χ3n) is 4.26. The number of benzene rings is 3. The molecule has 1 atom stereocenters. The highest BCUT2D eigenvalue weighted by atomic mass is 32.2. The normalized spacial score (nSPS) is 12.6. The van der Waals surface area contributed by atoms with Crippen molar-refractivity contribution in [3.05, 3.63) is 95.3 Å². The number of nitrogens with one attached hydrogen (secondary N) is 1. The monoisotopic (exact) mass is 385 g/mol. The topological polar surface area (TPSA) is 55.4 Å². The minimum atomic E-state index is -3.77. The lowest BCUT2D eigenvalue weighted by molar-refractivity contribution is 0.414. The van der Waals surface area contributed by atoms with Gasteiger partial charge in [0.2, 0.25) is 10.0 Å². The van der Waals surface area contributed by atoms with Crippen molar-refractivity contribution in [3.63, 3.8) is 0 Å². The summed E-state index contributed by atoms with van der Waals surface area (Å²) < 4.78 is 47.0. The fourth-order valence-electron chi connectivity index (χ4n) is 2.72. The van der Waals surface area contributed by atoms with Gasteiger partial charge in [-0.05, 0) is 54.4 Å². The number of ether oxygens (including phenoxy) is 1. The molecule has 0 aliphatic rings. The van der Waals surface area contributed by atoms with Gasteiger partial charge in [-0.2, -0.15) is 4.72 Å². The fourth-order valence-corrected chi connectivity index (χ4v) is 3.93. The van der Waals surface area contributed by atoms with Crippen LogP contribution in [0, 0.1) is 12.7 Å². The highest BCUT2D eigenvalue weighted by Crippen LogP contribution is 2.26. The molecule has 140 valence electrons. The van der Waals surface area contributed by atoms with E-state index in [2.05, 4.69) is 4.72 Å². The van der Waals surface area contributed by atoms with Crippen molar-refractivity contribution >= 4 is 10.0 Å². The lowest BCUT2D eigenvalue weighted by Crippen LogP contribution is -2.29. The molecule has 0 aliphatic heterocycles. The van der Waals surface area contributed by atoms with Crippen LogP contribution < -0.4 is 9.46 Å². The smallest absolute Gasteiger partial charge is 0.241 e. The first kappa shape index (κ1) is 19.1. The van der Waals surface area contributed by atoms with Crippen LogP contribution in [0.25, 0.3) is 0 Å². The van der Waals surface area contributed by atoms with Gasteiger partial charge in [0.1, 0.15) is 11.6 Å². The van der Waals surface area contributed by atoms with E-state index in [1.807, 2.05) is 6.92 Å². The molecule has 0 saturated carbocycles. The van der Waals surface area contributed by atoms with E-state index < -0.39 is 16.1 Å². The minimum absolute atomic E-state index is 0.175. The van der Waals surface area contributed by atoms with Crippen molar-refractivity contribution in [1.29, 1.82) is 0 Å². The molecular weight excluding hydrogens is 365 g/mol. The Morgan fingerprint density at radius 3 is 1.89 bits per heavy atom. The standard InChI is InChI=1S/C21H20FNO3S/c1-15-3-13-20(14-4-15)27(24,25)23-21(16-5-9-18(22)10-6-16)17-7-11-19(26-2)12-8-17/h3-14,21,23H,1-2H3/t21-/m0/s1. The number of rotatable bonds is 6. The van der Waals surface area contributed by atoms with Gasteiger partial charge < -0.3 is 4.74 Å². The number of hydrogen-bond acceptors (Lipinski definition) is 3. The van der Waals surface area contributed by atoms with Gasteiger partial charge in [0.15, 0.2) is 0 Å². The second-order valence-corrected chi connectivity index (χ2v) is 7.91. The fraction of sp³-hybridized carbons (Fsp3) is 0.143. The summed E-state index contributed by atoms with van der Waals surface area (Å²) in [6.45, 7) is 1.89. The van der Waals surface area contributed by atoms with Gasteiger partial charge >= 0.3 is 0 Å². The third kappa shape index (κ3) is 4.53. The Balaban J connectivity index is 2.00. The first-order valence-electron chi connectivity index (χ1n) is 8.37. The van der Waals surface area contributed by atoms with E-state index in [9.17, 15) is 12.8 Å². The Morgan fingerprint density at radius 2 is 1.37 bits per heavy atom. The van der Waals surface area contributed by atoms with Gasteiger partial charge in [-0.25, -0.2) is 12.8 Å². The largest absolute Gasteiger partial charge is 0.497 e. The van der Waals surface area contributed by atoms with Gasteiger partial charge in [-0.3, -0.25) is 0 Å². The molecular formula is C21H20FNO3S. The van der Waals surface area contributed by atoms with Crippen LogP contribution in [0.3, 0.4) is 0 Å². The Bertz CT molecular complexity index is 999. The van der Waals surface area contributed by atoms with Crippen LogP contribution in [0.15, 0.2) is 77.7 Å². The maximum absolute atomic E-state index is 13.3. The maximum atomic E-state index is 13.3. The zero-order valence-electron chi connectivity index (χ0n) is 15.0. The van der Waals surface area contributed by atoms with E-state index in [0.717, 1.165) is 11.1 Å². The van der Waals surface area contributed by atoms with E-state index in [0.29, 0.717) is 11.3 Å². The molecule has 0 aromatic heterocycles. The summed E-state index contributed by atoms with van der Waals surface area (Å²) in [6.07, 6.45) is 0. The molecule has 0 aliphatic carbocycles. The van der Waals surface area contributed by atoms with Crippen LogP contribution >= 0.6 is 0 Å². The Morgan fingerprint density at radius 1 is 0.852 bits per heavy atom. The highest BCUT2D eigenvalue weighted by molar-refractivity contribution is 7.89. The molecule has 3 aromatic carbocycles. The molecule has 0 bridgehead atoms. The minimum Gasteiger partial charge on any atom is -0.497 e. The van der Waals surface area contributed by atoms with Crippen LogP contribution in [0.2, 0.25) is 0 Å². The lowest BCUT2D eigenvalue weighted by atomic mass is 9.99. The van der Waals surface area contributed by atoms with E-state index >= 15 is 0 Å². The van der Waals surface area contributed by atoms with E-state index in [1.165, 1.54) is 12.1 Å². The molecule has 0 amide bonds. The Labute approximate surface area is 158 Å². The predicted molar refractivity (Wildman–Crippen MR) is 103 cm³/mol. The zero-order chi connectivity index (χ0) is 19.4. The average Bonchev–Trinajstić information content (AvgIpc) is 2.67. The second-order valence-electron chi connectivity index (χ2n) is 6.19. The summed E-state index contributed by atoms with van der Waals surface area (Å²) in [7, 11) is -2.21. The van der Waals surface area contributed by atoms with Crippen molar-refractivity contribution in [2.75, 3.05) is 7.11 Å². The highest BCUT2D eigenvalue weighted by Gasteiger charge is 2.23. The first-order chi connectivity index (χ1) is 12.9. The number of aryl methyl sites for hydroxylation is 1. The number of methoxy groups -OCH3 is 1. The molecule has 0 saturated heterocycles. The van der Waals surface area contributed by atoms with Crippen molar-refractivity contribution < 1.29 is 17.5 Å². The molecule has 0 radical (unpaired) electrons. The van der Waals surface area contributed by atoms with Crippen LogP contribution in [0.1, 0.15) is 22.7 Å². The Hall–Kier alpha value is -2.70. The lowest BCUT2D eigenvalue weighted by Gasteiger charge is -2.20.